The first-order valence-corrected chi connectivity index (χ1v) is 6.71. The Morgan fingerprint density at radius 1 is 0.870 bits per heavy atom. The molecule has 0 bridgehead atoms. The number of alkyl halides is 3. The summed E-state index contributed by atoms with van der Waals surface area (Å²) in [7, 11) is 0. The van der Waals surface area contributed by atoms with Gasteiger partial charge in [0.2, 0.25) is 0 Å². The van der Waals surface area contributed by atoms with Gasteiger partial charge in [0.1, 0.15) is 11.2 Å². The van der Waals surface area contributed by atoms with Gasteiger partial charge >= 0.3 is 11.8 Å². The van der Waals surface area contributed by atoms with Crippen molar-refractivity contribution in [1.82, 2.24) is 0 Å². The van der Waals surface area contributed by atoms with E-state index in [2.05, 4.69) is 0 Å². The summed E-state index contributed by atoms with van der Waals surface area (Å²) in [6.07, 6.45) is -1.95. The molecule has 3 heterocycles. The molecule has 0 N–H and O–H groups in total. The smallest absolute Gasteiger partial charge is 0.417 e. The normalized spacial score (nSPS) is 12.7. The summed E-state index contributed by atoms with van der Waals surface area (Å²) in [5.74, 6) is 0. The molecule has 0 unspecified atom stereocenters. The Labute approximate surface area is 126 Å². The first kappa shape index (κ1) is 13.9. The molecule has 23 heavy (non-hydrogen) atoms. The molecule has 0 aliphatic heterocycles. The molecule has 0 saturated heterocycles. The Kier molecular flexibility index (Phi) is 2.53. The van der Waals surface area contributed by atoms with E-state index in [-0.39, 0.29) is 16.6 Å². The Morgan fingerprint density at radius 2 is 1.39 bits per heavy atom. The van der Waals surface area contributed by atoms with Crippen molar-refractivity contribution >= 4 is 32.9 Å². The van der Waals surface area contributed by atoms with Crippen molar-refractivity contribution in [2.24, 2.45) is 0 Å². The van der Waals surface area contributed by atoms with Gasteiger partial charge < -0.3 is 13.3 Å². The minimum Gasteiger partial charge on any atom is -0.463 e. The van der Waals surface area contributed by atoms with Crippen molar-refractivity contribution in [3.8, 4) is 0 Å². The summed E-state index contributed by atoms with van der Waals surface area (Å²) < 4.78 is 56.1. The maximum absolute atomic E-state index is 13.4. The number of halogens is 3. The molecule has 4 nitrogen and oxygen atoms in total. The van der Waals surface area contributed by atoms with Crippen LogP contribution in [0.15, 0.2) is 36.6 Å². The van der Waals surface area contributed by atoms with Crippen molar-refractivity contribution in [2.45, 2.75) is 20.0 Å². The Balaban J connectivity index is 2.45. The standard InChI is InChI=1S/C16H9F3O4/c1-6-4-22-14-10(6)13-11(7(2)5-21-13)15-12(14)8(16(17,18)19)3-9(20)23-15/h3-5H,1-2H3. The van der Waals surface area contributed by atoms with E-state index in [0.717, 1.165) is 0 Å². The Morgan fingerprint density at radius 3 is 1.96 bits per heavy atom. The monoisotopic (exact) mass is 322 g/mol. The van der Waals surface area contributed by atoms with E-state index in [1.54, 1.807) is 13.8 Å². The molecule has 0 radical (unpaired) electrons. The van der Waals surface area contributed by atoms with Crippen LogP contribution in [-0.4, -0.2) is 0 Å². The summed E-state index contributed by atoms with van der Waals surface area (Å²) in [6.45, 7) is 3.38. The molecule has 0 fully saturated rings. The van der Waals surface area contributed by atoms with Crippen molar-refractivity contribution < 1.29 is 26.4 Å². The molecular weight excluding hydrogens is 313 g/mol. The van der Waals surface area contributed by atoms with Gasteiger partial charge in [-0.1, -0.05) is 0 Å². The van der Waals surface area contributed by atoms with E-state index >= 15 is 0 Å². The van der Waals surface area contributed by atoms with Crippen LogP contribution in [0.1, 0.15) is 16.7 Å². The second-order valence-electron chi connectivity index (χ2n) is 5.43. The molecule has 4 rings (SSSR count). The maximum atomic E-state index is 13.4. The summed E-state index contributed by atoms with van der Waals surface area (Å²) in [5.41, 5.74) is -0.766. The lowest BCUT2D eigenvalue weighted by Crippen LogP contribution is -2.11. The van der Waals surface area contributed by atoms with Crippen LogP contribution in [0.2, 0.25) is 0 Å². The topological polar surface area (TPSA) is 56.5 Å². The molecule has 0 aliphatic carbocycles. The van der Waals surface area contributed by atoms with Gasteiger partial charge in [0, 0.05) is 6.07 Å². The zero-order valence-electron chi connectivity index (χ0n) is 12.0. The molecule has 0 saturated carbocycles. The van der Waals surface area contributed by atoms with Crippen molar-refractivity contribution in [3.05, 3.63) is 45.7 Å². The SMILES string of the molecule is Cc1coc2c1c1occ(C)c1c1oc(=O)cc(C(F)(F)F)c21. The number of hydrogen-bond acceptors (Lipinski definition) is 4. The molecule has 3 aromatic heterocycles. The second-order valence-corrected chi connectivity index (χ2v) is 5.43. The summed E-state index contributed by atoms with van der Waals surface area (Å²) in [4.78, 5) is 11.6. The molecule has 0 amide bonds. The summed E-state index contributed by atoms with van der Waals surface area (Å²) >= 11 is 0. The number of aryl methyl sites for hydroxylation is 2. The van der Waals surface area contributed by atoms with Crippen LogP contribution in [0, 0.1) is 13.8 Å². The average Bonchev–Trinajstić information content (AvgIpc) is 3.01. The van der Waals surface area contributed by atoms with Gasteiger partial charge in [0.05, 0.1) is 34.2 Å². The largest absolute Gasteiger partial charge is 0.463 e. The average molecular weight is 322 g/mol. The zero-order valence-corrected chi connectivity index (χ0v) is 12.0. The van der Waals surface area contributed by atoms with Crippen molar-refractivity contribution in [3.63, 3.8) is 0 Å². The molecule has 0 atom stereocenters. The molecule has 0 aliphatic rings. The van der Waals surface area contributed by atoms with E-state index in [9.17, 15) is 18.0 Å². The van der Waals surface area contributed by atoms with Gasteiger partial charge in [0.15, 0.2) is 5.58 Å². The molecule has 4 aromatic rings. The number of rotatable bonds is 0. The maximum Gasteiger partial charge on any atom is 0.417 e. The van der Waals surface area contributed by atoms with E-state index in [1.807, 2.05) is 0 Å². The quantitative estimate of drug-likeness (QED) is 0.431. The van der Waals surface area contributed by atoms with E-state index in [1.165, 1.54) is 12.5 Å². The highest BCUT2D eigenvalue weighted by Crippen LogP contribution is 2.44. The highest BCUT2D eigenvalue weighted by atomic mass is 19.4. The Hall–Kier alpha value is -2.70. The number of hydrogen-bond donors (Lipinski definition) is 0. The fourth-order valence-electron chi connectivity index (χ4n) is 2.94. The zero-order chi connectivity index (χ0) is 16.5. The van der Waals surface area contributed by atoms with E-state index in [4.69, 9.17) is 13.3 Å². The van der Waals surface area contributed by atoms with Gasteiger partial charge in [-0.3, -0.25) is 0 Å². The summed E-state index contributed by atoms with van der Waals surface area (Å²) in [6, 6.07) is 0.445. The predicted octanol–water partition coefficient (Wildman–Crippen LogP) is 4.92. The van der Waals surface area contributed by atoms with Crippen molar-refractivity contribution in [2.75, 3.05) is 0 Å². The third kappa shape index (κ3) is 1.76. The van der Waals surface area contributed by atoms with E-state index < -0.39 is 17.4 Å². The number of benzene rings is 1. The van der Waals surface area contributed by atoms with Crippen LogP contribution in [0.4, 0.5) is 13.2 Å². The molecule has 118 valence electrons. The summed E-state index contributed by atoms with van der Waals surface area (Å²) in [5, 5.41) is 0.525. The van der Waals surface area contributed by atoms with Gasteiger partial charge in [-0.25, -0.2) is 4.79 Å². The Bertz CT molecular complexity index is 1140. The highest BCUT2D eigenvalue weighted by molar-refractivity contribution is 6.22. The van der Waals surface area contributed by atoms with Gasteiger partial charge in [0.25, 0.3) is 0 Å². The predicted molar refractivity (Wildman–Crippen MR) is 76.5 cm³/mol. The van der Waals surface area contributed by atoms with Crippen LogP contribution < -0.4 is 5.63 Å². The third-order valence-electron chi connectivity index (χ3n) is 3.90. The minimum atomic E-state index is -4.72. The molecular formula is C16H9F3O4. The fraction of sp³-hybridized carbons (Fsp3) is 0.188. The lowest BCUT2D eigenvalue weighted by atomic mass is 10.0. The highest BCUT2D eigenvalue weighted by Gasteiger charge is 2.36. The molecule has 0 spiro atoms. The minimum absolute atomic E-state index is 0.00424. The lowest BCUT2D eigenvalue weighted by molar-refractivity contribution is -0.136. The van der Waals surface area contributed by atoms with Crippen LogP contribution in [0.25, 0.3) is 32.9 Å². The van der Waals surface area contributed by atoms with Crippen LogP contribution in [0.5, 0.6) is 0 Å². The lowest BCUT2D eigenvalue weighted by Gasteiger charge is -2.10. The first-order chi connectivity index (χ1) is 10.8. The van der Waals surface area contributed by atoms with Crippen LogP contribution in [0.3, 0.4) is 0 Å². The third-order valence-corrected chi connectivity index (χ3v) is 3.90. The van der Waals surface area contributed by atoms with Gasteiger partial charge in [-0.2, -0.15) is 13.2 Å². The van der Waals surface area contributed by atoms with Crippen LogP contribution >= 0.6 is 0 Å². The first-order valence-electron chi connectivity index (χ1n) is 6.71. The van der Waals surface area contributed by atoms with Gasteiger partial charge in [-0.15, -0.1) is 0 Å². The molecule has 7 heteroatoms. The van der Waals surface area contributed by atoms with Gasteiger partial charge in [-0.05, 0) is 25.0 Å². The number of furan rings is 2. The van der Waals surface area contributed by atoms with Crippen molar-refractivity contribution in [1.29, 1.82) is 0 Å². The second kappa shape index (κ2) is 4.18. The van der Waals surface area contributed by atoms with E-state index in [0.29, 0.717) is 33.5 Å². The fourth-order valence-corrected chi connectivity index (χ4v) is 2.94. The molecule has 1 aromatic carbocycles. The van der Waals surface area contributed by atoms with Crippen LogP contribution in [-0.2, 0) is 6.18 Å². The number of fused-ring (bicyclic) bond motifs is 6.